The van der Waals surface area contributed by atoms with Crippen molar-refractivity contribution in [2.45, 2.75) is 25.9 Å². The molecule has 3 aromatic carbocycles. The Bertz CT molecular complexity index is 1030. The molecular weight excluding hydrogens is 392 g/mol. The van der Waals surface area contributed by atoms with Crippen LogP contribution in [-0.4, -0.2) is 22.9 Å². The molecule has 0 saturated carbocycles. The molecule has 3 N–H and O–H groups in total. The van der Waals surface area contributed by atoms with Gasteiger partial charge in [-0.05, 0) is 47.4 Å². The molecule has 6 heteroatoms. The zero-order valence-electron chi connectivity index (χ0n) is 17.0. The van der Waals surface area contributed by atoms with Crippen LogP contribution in [0.2, 0.25) is 0 Å². The molecule has 3 aromatic rings. The van der Waals surface area contributed by atoms with Crippen LogP contribution in [0.1, 0.15) is 43.8 Å². The number of hydrogen-bond donors (Lipinski definition) is 3. The van der Waals surface area contributed by atoms with Crippen molar-refractivity contribution in [3.63, 3.8) is 0 Å². The first-order valence-corrected chi connectivity index (χ1v) is 10.0. The normalized spacial score (nSPS) is 10.3. The molecule has 0 aromatic heterocycles. The number of rotatable bonds is 9. The fraction of sp³-hybridized carbons (Fsp3) is 0.160. The lowest BCUT2D eigenvalue weighted by molar-refractivity contribution is -0.136. The van der Waals surface area contributed by atoms with Crippen LogP contribution in [0.4, 0.5) is 0 Å². The Morgan fingerprint density at radius 2 is 1.06 bits per heavy atom. The third-order valence-corrected chi connectivity index (χ3v) is 4.81. The standard InChI is InChI=1S/C25H24N2O4/c28-23(29)15-12-18-6-8-19(9-7-18)16-27-25(31)22-13-10-20(11-14-22)17-26-24(30)21-4-2-1-3-5-21/h1-11,13-14H,12,15-17H2,(H,26,30)(H,27,31)(H,28,29). The lowest BCUT2D eigenvalue weighted by atomic mass is 10.1. The highest BCUT2D eigenvalue weighted by atomic mass is 16.4. The van der Waals surface area contributed by atoms with E-state index in [0.29, 0.717) is 30.6 Å². The predicted octanol–water partition coefficient (Wildman–Crippen LogP) is 3.56. The molecule has 158 valence electrons. The van der Waals surface area contributed by atoms with Gasteiger partial charge in [-0.3, -0.25) is 14.4 Å². The minimum absolute atomic E-state index is 0.0992. The van der Waals surface area contributed by atoms with Gasteiger partial charge in [0.05, 0.1) is 0 Å². The van der Waals surface area contributed by atoms with E-state index in [2.05, 4.69) is 10.6 Å². The number of aryl methyl sites for hydroxylation is 1. The van der Waals surface area contributed by atoms with Gasteiger partial charge in [0.25, 0.3) is 11.8 Å². The highest BCUT2D eigenvalue weighted by Gasteiger charge is 2.07. The molecule has 0 aliphatic heterocycles. The number of nitrogens with one attached hydrogen (secondary N) is 2. The van der Waals surface area contributed by atoms with Crippen LogP contribution >= 0.6 is 0 Å². The van der Waals surface area contributed by atoms with Crippen molar-refractivity contribution in [2.75, 3.05) is 0 Å². The maximum absolute atomic E-state index is 12.4. The second kappa shape index (κ2) is 10.7. The molecule has 0 atom stereocenters. The topological polar surface area (TPSA) is 95.5 Å². The first-order valence-electron chi connectivity index (χ1n) is 10.0. The summed E-state index contributed by atoms with van der Waals surface area (Å²) in [5, 5.41) is 14.5. The molecule has 0 heterocycles. The van der Waals surface area contributed by atoms with Crippen LogP contribution in [0.5, 0.6) is 0 Å². The summed E-state index contributed by atoms with van der Waals surface area (Å²) in [5.41, 5.74) is 3.93. The van der Waals surface area contributed by atoms with E-state index in [-0.39, 0.29) is 18.2 Å². The lowest BCUT2D eigenvalue weighted by Gasteiger charge is -2.08. The summed E-state index contributed by atoms with van der Waals surface area (Å²) in [5.74, 6) is -1.15. The van der Waals surface area contributed by atoms with Crippen LogP contribution in [0.3, 0.4) is 0 Å². The monoisotopic (exact) mass is 416 g/mol. The van der Waals surface area contributed by atoms with Gasteiger partial charge >= 0.3 is 5.97 Å². The summed E-state index contributed by atoms with van der Waals surface area (Å²) in [6.07, 6.45) is 0.585. The van der Waals surface area contributed by atoms with E-state index in [1.807, 2.05) is 54.6 Å². The summed E-state index contributed by atoms with van der Waals surface area (Å²) in [4.78, 5) is 35.1. The minimum Gasteiger partial charge on any atom is -0.481 e. The maximum Gasteiger partial charge on any atom is 0.303 e. The Hall–Kier alpha value is -3.93. The average molecular weight is 416 g/mol. The Morgan fingerprint density at radius 1 is 0.613 bits per heavy atom. The van der Waals surface area contributed by atoms with E-state index in [4.69, 9.17) is 5.11 Å². The second-order valence-corrected chi connectivity index (χ2v) is 7.14. The lowest BCUT2D eigenvalue weighted by Crippen LogP contribution is -2.24. The van der Waals surface area contributed by atoms with Gasteiger partial charge in [0.2, 0.25) is 0 Å². The number of carbonyl (C=O) groups is 3. The van der Waals surface area contributed by atoms with E-state index < -0.39 is 5.97 Å². The van der Waals surface area contributed by atoms with Crippen molar-refractivity contribution in [2.24, 2.45) is 0 Å². The predicted molar refractivity (Wildman–Crippen MR) is 118 cm³/mol. The molecule has 2 amide bonds. The number of amides is 2. The Kier molecular flexibility index (Phi) is 7.54. The Balaban J connectivity index is 1.46. The third-order valence-electron chi connectivity index (χ3n) is 4.81. The van der Waals surface area contributed by atoms with Crippen LogP contribution in [-0.2, 0) is 24.3 Å². The van der Waals surface area contributed by atoms with E-state index in [1.54, 1.807) is 24.3 Å². The maximum atomic E-state index is 12.4. The van der Waals surface area contributed by atoms with Crippen LogP contribution < -0.4 is 10.6 Å². The van der Waals surface area contributed by atoms with Crippen LogP contribution in [0.25, 0.3) is 0 Å². The fourth-order valence-corrected chi connectivity index (χ4v) is 3.01. The SMILES string of the molecule is O=C(O)CCc1ccc(CNC(=O)c2ccc(CNC(=O)c3ccccc3)cc2)cc1. The summed E-state index contributed by atoms with van der Waals surface area (Å²) in [7, 11) is 0. The fourth-order valence-electron chi connectivity index (χ4n) is 3.01. The molecule has 0 saturated heterocycles. The van der Waals surface area contributed by atoms with Crippen molar-refractivity contribution < 1.29 is 19.5 Å². The second-order valence-electron chi connectivity index (χ2n) is 7.14. The molecular formula is C25H24N2O4. The van der Waals surface area contributed by atoms with Gasteiger partial charge in [0, 0.05) is 30.6 Å². The summed E-state index contributed by atoms with van der Waals surface area (Å²) in [6, 6.07) is 23.6. The van der Waals surface area contributed by atoms with Crippen molar-refractivity contribution in [3.05, 3.63) is 107 Å². The summed E-state index contributed by atoms with van der Waals surface area (Å²) < 4.78 is 0. The highest BCUT2D eigenvalue weighted by molar-refractivity contribution is 5.94. The van der Waals surface area contributed by atoms with Crippen LogP contribution in [0.15, 0.2) is 78.9 Å². The van der Waals surface area contributed by atoms with Gasteiger partial charge in [-0.15, -0.1) is 0 Å². The largest absolute Gasteiger partial charge is 0.481 e. The summed E-state index contributed by atoms with van der Waals surface area (Å²) >= 11 is 0. The molecule has 0 unspecified atom stereocenters. The van der Waals surface area contributed by atoms with Gasteiger partial charge in [-0.2, -0.15) is 0 Å². The highest BCUT2D eigenvalue weighted by Crippen LogP contribution is 2.09. The number of hydrogen-bond acceptors (Lipinski definition) is 3. The number of benzene rings is 3. The van der Waals surface area contributed by atoms with Gasteiger partial charge in [-0.1, -0.05) is 54.6 Å². The molecule has 0 aliphatic rings. The molecule has 0 radical (unpaired) electrons. The Labute approximate surface area is 180 Å². The zero-order chi connectivity index (χ0) is 22.1. The van der Waals surface area contributed by atoms with E-state index in [0.717, 1.165) is 16.7 Å². The van der Waals surface area contributed by atoms with E-state index >= 15 is 0 Å². The van der Waals surface area contributed by atoms with E-state index in [1.165, 1.54) is 0 Å². The molecule has 6 nitrogen and oxygen atoms in total. The van der Waals surface area contributed by atoms with Gasteiger partial charge in [-0.25, -0.2) is 0 Å². The Morgan fingerprint density at radius 3 is 1.58 bits per heavy atom. The number of carboxylic acid groups (broad SMARTS) is 1. The van der Waals surface area contributed by atoms with Crippen molar-refractivity contribution in [1.29, 1.82) is 0 Å². The average Bonchev–Trinajstić information content (AvgIpc) is 2.81. The molecule has 0 bridgehead atoms. The van der Waals surface area contributed by atoms with Crippen molar-refractivity contribution in [1.82, 2.24) is 10.6 Å². The third kappa shape index (κ3) is 6.82. The smallest absolute Gasteiger partial charge is 0.303 e. The molecule has 0 spiro atoms. The number of carboxylic acids is 1. The van der Waals surface area contributed by atoms with Crippen molar-refractivity contribution in [3.8, 4) is 0 Å². The quantitative estimate of drug-likeness (QED) is 0.497. The van der Waals surface area contributed by atoms with Gasteiger partial charge in [0.1, 0.15) is 0 Å². The zero-order valence-corrected chi connectivity index (χ0v) is 17.0. The molecule has 0 fully saturated rings. The molecule has 31 heavy (non-hydrogen) atoms. The van der Waals surface area contributed by atoms with E-state index in [9.17, 15) is 14.4 Å². The van der Waals surface area contributed by atoms with Gasteiger partial charge in [0.15, 0.2) is 0 Å². The number of aliphatic carboxylic acids is 1. The molecule has 0 aliphatic carbocycles. The summed E-state index contributed by atoms with van der Waals surface area (Å²) in [6.45, 7) is 0.761. The van der Waals surface area contributed by atoms with Crippen molar-refractivity contribution >= 4 is 17.8 Å². The van der Waals surface area contributed by atoms with Gasteiger partial charge < -0.3 is 15.7 Å². The number of carbonyl (C=O) groups excluding carboxylic acids is 2. The van der Waals surface area contributed by atoms with Crippen LogP contribution in [0, 0.1) is 0 Å². The first-order chi connectivity index (χ1) is 15.0. The first kappa shape index (κ1) is 21.8. The molecule has 3 rings (SSSR count). The minimum atomic E-state index is -0.819.